The van der Waals surface area contributed by atoms with Gasteiger partial charge < -0.3 is 5.11 Å². The molecule has 1 aromatic carbocycles. The first-order valence-corrected chi connectivity index (χ1v) is 6.05. The average molecular weight is 278 g/mol. The van der Waals surface area contributed by atoms with E-state index in [2.05, 4.69) is 15.9 Å². The van der Waals surface area contributed by atoms with Gasteiger partial charge in [-0.3, -0.25) is 0 Å². The summed E-state index contributed by atoms with van der Waals surface area (Å²) >= 11 is 10.8. The molecule has 0 unspecified atom stereocenters. The van der Waals surface area contributed by atoms with Gasteiger partial charge in [-0.2, -0.15) is 0 Å². The number of aromatic hydroxyl groups is 1. The highest BCUT2D eigenvalue weighted by Crippen LogP contribution is 2.38. The molecule has 0 aliphatic rings. The van der Waals surface area contributed by atoms with Crippen molar-refractivity contribution in [3.05, 3.63) is 28.1 Å². The highest BCUT2D eigenvalue weighted by molar-refractivity contribution is 9.08. The van der Waals surface area contributed by atoms with Crippen LogP contribution >= 0.6 is 38.9 Å². The van der Waals surface area contributed by atoms with Crippen molar-refractivity contribution in [2.24, 2.45) is 0 Å². The van der Waals surface area contributed by atoms with Gasteiger partial charge in [0.15, 0.2) is 0 Å². The minimum atomic E-state index is 0.339. The van der Waals surface area contributed by atoms with Gasteiger partial charge in [-0.05, 0) is 17.5 Å². The van der Waals surface area contributed by atoms with E-state index in [-0.39, 0.29) is 0 Å². The summed E-state index contributed by atoms with van der Waals surface area (Å²) in [5.41, 5.74) is 0.833. The van der Waals surface area contributed by atoms with Gasteiger partial charge >= 0.3 is 0 Å². The maximum absolute atomic E-state index is 9.78. The Morgan fingerprint density at radius 1 is 1.54 bits per heavy atom. The second kappa shape index (κ2) is 3.48. The molecule has 2 rings (SSSR count). The molecule has 0 saturated carbocycles. The molecular weight excluding hydrogens is 272 g/mol. The second-order valence-electron chi connectivity index (χ2n) is 2.66. The van der Waals surface area contributed by atoms with Crippen LogP contribution in [-0.4, -0.2) is 5.11 Å². The van der Waals surface area contributed by atoms with Crippen molar-refractivity contribution >= 4 is 49.0 Å². The quantitative estimate of drug-likeness (QED) is 0.776. The number of hydrogen-bond acceptors (Lipinski definition) is 2. The Morgan fingerprint density at radius 3 is 3.00 bits per heavy atom. The molecule has 0 radical (unpaired) electrons. The highest BCUT2D eigenvalue weighted by Gasteiger charge is 2.10. The largest absolute Gasteiger partial charge is 0.506 e. The third kappa shape index (κ3) is 1.45. The summed E-state index contributed by atoms with van der Waals surface area (Å²) in [5.74, 6) is 0.339. The first-order chi connectivity index (χ1) is 6.24. The lowest BCUT2D eigenvalue weighted by Crippen LogP contribution is -1.79. The van der Waals surface area contributed by atoms with E-state index in [0.717, 1.165) is 15.6 Å². The molecule has 0 saturated heterocycles. The zero-order valence-corrected chi connectivity index (χ0v) is 9.71. The van der Waals surface area contributed by atoms with Gasteiger partial charge in [0.2, 0.25) is 0 Å². The number of phenolic OH excluding ortho intramolecular Hbond substituents is 1. The molecule has 1 aromatic heterocycles. The molecule has 1 heterocycles. The van der Waals surface area contributed by atoms with Gasteiger partial charge in [0.05, 0.1) is 4.70 Å². The van der Waals surface area contributed by atoms with Crippen LogP contribution in [0.25, 0.3) is 10.1 Å². The number of thiophene rings is 1. The van der Waals surface area contributed by atoms with Crippen LogP contribution in [-0.2, 0) is 5.33 Å². The topological polar surface area (TPSA) is 20.2 Å². The average Bonchev–Trinajstić information content (AvgIpc) is 2.60. The van der Waals surface area contributed by atoms with Crippen LogP contribution in [0.4, 0.5) is 0 Å². The molecule has 2 aromatic rings. The fourth-order valence-corrected chi connectivity index (χ4v) is 2.89. The fourth-order valence-electron chi connectivity index (χ4n) is 1.23. The minimum Gasteiger partial charge on any atom is -0.506 e. The van der Waals surface area contributed by atoms with Crippen LogP contribution in [0.1, 0.15) is 5.56 Å². The molecule has 0 bridgehead atoms. The van der Waals surface area contributed by atoms with E-state index in [9.17, 15) is 5.11 Å². The molecule has 0 spiro atoms. The molecule has 13 heavy (non-hydrogen) atoms. The van der Waals surface area contributed by atoms with E-state index < -0.39 is 0 Å². The lowest BCUT2D eigenvalue weighted by atomic mass is 10.2. The minimum absolute atomic E-state index is 0.339. The Morgan fingerprint density at radius 2 is 2.31 bits per heavy atom. The molecule has 0 aliphatic heterocycles. The van der Waals surface area contributed by atoms with Crippen molar-refractivity contribution in [1.82, 2.24) is 0 Å². The summed E-state index contributed by atoms with van der Waals surface area (Å²) in [6.07, 6.45) is 0. The maximum Gasteiger partial charge on any atom is 0.137 e. The summed E-state index contributed by atoms with van der Waals surface area (Å²) in [6, 6.07) is 3.71. The number of rotatable bonds is 1. The van der Waals surface area contributed by atoms with Gasteiger partial charge in [-0.15, -0.1) is 11.3 Å². The van der Waals surface area contributed by atoms with Crippen molar-refractivity contribution in [1.29, 1.82) is 0 Å². The van der Waals surface area contributed by atoms with Crippen molar-refractivity contribution < 1.29 is 5.11 Å². The van der Waals surface area contributed by atoms with E-state index in [1.165, 1.54) is 11.3 Å². The summed E-state index contributed by atoms with van der Waals surface area (Å²) in [4.78, 5) is 0. The number of alkyl halides is 1. The smallest absolute Gasteiger partial charge is 0.137 e. The van der Waals surface area contributed by atoms with Crippen molar-refractivity contribution in [3.63, 3.8) is 0 Å². The van der Waals surface area contributed by atoms with Crippen molar-refractivity contribution in [3.8, 4) is 5.75 Å². The van der Waals surface area contributed by atoms with Crippen LogP contribution < -0.4 is 0 Å². The van der Waals surface area contributed by atoms with Crippen molar-refractivity contribution in [2.75, 3.05) is 0 Å². The van der Waals surface area contributed by atoms with Gasteiger partial charge in [-0.1, -0.05) is 27.5 Å². The van der Waals surface area contributed by atoms with Gasteiger partial charge in [0.1, 0.15) is 5.75 Å². The summed E-state index contributed by atoms with van der Waals surface area (Å²) < 4.78 is 0.863. The van der Waals surface area contributed by atoms with Crippen molar-refractivity contribution in [2.45, 2.75) is 5.33 Å². The first-order valence-electron chi connectivity index (χ1n) is 3.67. The Balaban J connectivity index is 2.85. The molecule has 0 aliphatic carbocycles. The molecule has 0 atom stereocenters. The van der Waals surface area contributed by atoms with Crippen LogP contribution in [0, 0.1) is 0 Å². The third-order valence-corrected chi connectivity index (χ3v) is 3.72. The maximum atomic E-state index is 9.78. The zero-order chi connectivity index (χ0) is 9.42. The van der Waals surface area contributed by atoms with Gasteiger partial charge in [0, 0.05) is 21.3 Å². The standard InChI is InChI=1S/C9H6BrClOS/c10-4-5-3-7(11)6-1-2-13-9(6)8(5)12/h1-3,12H,4H2. The molecule has 1 N–H and O–H groups in total. The number of fused-ring (bicyclic) bond motifs is 1. The Kier molecular flexibility index (Phi) is 2.49. The summed E-state index contributed by atoms with van der Waals surface area (Å²) in [7, 11) is 0. The van der Waals surface area contributed by atoms with E-state index in [1.54, 1.807) is 6.07 Å². The molecular formula is C9H6BrClOS. The van der Waals surface area contributed by atoms with E-state index in [4.69, 9.17) is 11.6 Å². The monoisotopic (exact) mass is 276 g/mol. The Hall–Kier alpha value is -0.250. The number of halogens is 2. The van der Waals surface area contributed by atoms with E-state index in [1.807, 2.05) is 11.4 Å². The fraction of sp³-hybridized carbons (Fsp3) is 0.111. The van der Waals surface area contributed by atoms with Gasteiger partial charge in [-0.25, -0.2) is 0 Å². The van der Waals surface area contributed by atoms with Crippen LogP contribution in [0.2, 0.25) is 5.02 Å². The zero-order valence-electron chi connectivity index (χ0n) is 6.55. The number of benzene rings is 1. The lowest BCUT2D eigenvalue weighted by Gasteiger charge is -2.03. The second-order valence-corrected chi connectivity index (χ2v) is 4.55. The SMILES string of the molecule is Oc1c(CBr)cc(Cl)c2ccsc12. The predicted molar refractivity (Wildman–Crippen MR) is 61.1 cm³/mol. The predicted octanol–water partition coefficient (Wildman–Crippen LogP) is 4.16. The number of phenols is 1. The normalized spacial score (nSPS) is 10.9. The Labute approximate surface area is 93.1 Å². The van der Waals surface area contributed by atoms with E-state index >= 15 is 0 Å². The highest BCUT2D eigenvalue weighted by atomic mass is 79.9. The first kappa shape index (κ1) is 9.31. The van der Waals surface area contributed by atoms with Crippen LogP contribution in [0.5, 0.6) is 5.75 Å². The third-order valence-electron chi connectivity index (χ3n) is 1.89. The molecule has 0 amide bonds. The van der Waals surface area contributed by atoms with Gasteiger partial charge in [0.25, 0.3) is 0 Å². The summed E-state index contributed by atoms with van der Waals surface area (Å²) in [5, 5.41) is 13.9. The van der Waals surface area contributed by atoms with Crippen LogP contribution in [0.15, 0.2) is 17.5 Å². The summed E-state index contributed by atoms with van der Waals surface area (Å²) in [6.45, 7) is 0. The molecule has 0 fully saturated rings. The number of hydrogen-bond donors (Lipinski definition) is 1. The molecule has 4 heteroatoms. The van der Waals surface area contributed by atoms with Crippen LogP contribution in [0.3, 0.4) is 0 Å². The Bertz CT molecular complexity index is 452. The lowest BCUT2D eigenvalue weighted by molar-refractivity contribution is 0.478. The molecule has 1 nitrogen and oxygen atoms in total. The van der Waals surface area contributed by atoms with E-state index in [0.29, 0.717) is 16.1 Å². The molecule has 68 valence electrons.